The van der Waals surface area contributed by atoms with Crippen LogP contribution < -0.4 is 5.32 Å². The van der Waals surface area contributed by atoms with Crippen molar-refractivity contribution in [1.82, 2.24) is 4.98 Å². The second-order valence-corrected chi connectivity index (χ2v) is 6.26. The molecular formula is C13H8BrF2IN2O2. The zero-order valence-corrected chi connectivity index (χ0v) is 14.3. The normalized spacial score (nSPS) is 10.5. The van der Waals surface area contributed by atoms with Gasteiger partial charge in [-0.1, -0.05) is 0 Å². The highest BCUT2D eigenvalue weighted by atomic mass is 127. The number of carbonyl (C=O) groups is 1. The highest BCUT2D eigenvalue weighted by Gasteiger charge is 2.22. The Balaban J connectivity index is 2.57. The largest absolute Gasteiger partial charge is 0.478 e. The minimum Gasteiger partial charge on any atom is -0.478 e. The molecule has 1 aromatic heterocycles. The summed E-state index contributed by atoms with van der Waals surface area (Å²) < 4.78 is 28.3. The number of hydrogen-bond donors (Lipinski definition) is 2. The van der Waals surface area contributed by atoms with Crippen LogP contribution in [0.2, 0.25) is 0 Å². The second kappa shape index (κ2) is 6.22. The van der Waals surface area contributed by atoms with Gasteiger partial charge in [0.15, 0.2) is 11.6 Å². The average molecular weight is 469 g/mol. The Hall–Kier alpha value is -1.29. The predicted molar refractivity (Wildman–Crippen MR) is 86.0 cm³/mol. The maximum atomic E-state index is 14.0. The van der Waals surface area contributed by atoms with Crippen LogP contribution in [0.4, 0.5) is 20.3 Å². The molecule has 0 amide bonds. The average Bonchev–Trinajstić information content (AvgIpc) is 2.41. The molecule has 0 spiro atoms. The van der Waals surface area contributed by atoms with Crippen LogP contribution >= 0.6 is 38.5 Å². The van der Waals surface area contributed by atoms with E-state index in [9.17, 15) is 13.6 Å². The van der Waals surface area contributed by atoms with E-state index < -0.39 is 23.3 Å². The number of aromatic nitrogens is 1. The molecule has 1 aromatic carbocycles. The van der Waals surface area contributed by atoms with E-state index >= 15 is 0 Å². The zero-order valence-electron chi connectivity index (χ0n) is 10.5. The lowest BCUT2D eigenvalue weighted by molar-refractivity contribution is 0.0697. The molecule has 0 fully saturated rings. The van der Waals surface area contributed by atoms with Gasteiger partial charge in [-0.15, -0.1) is 0 Å². The minimum absolute atomic E-state index is 0.254. The number of nitrogens with one attached hydrogen (secondary N) is 1. The number of nitrogens with zero attached hydrogens (tertiary/aromatic N) is 1. The van der Waals surface area contributed by atoms with Crippen LogP contribution in [0.1, 0.15) is 15.9 Å². The number of hydrogen-bond acceptors (Lipinski definition) is 3. The summed E-state index contributed by atoms with van der Waals surface area (Å²) in [6.45, 7) is 1.73. The van der Waals surface area contributed by atoms with Crippen LogP contribution in [-0.4, -0.2) is 16.1 Å². The van der Waals surface area contributed by atoms with Gasteiger partial charge in [-0.3, -0.25) is 0 Å². The smallest absolute Gasteiger partial charge is 0.337 e. The maximum absolute atomic E-state index is 14.0. The van der Waals surface area contributed by atoms with Crippen molar-refractivity contribution in [2.75, 3.05) is 5.32 Å². The number of rotatable bonds is 3. The first-order chi connectivity index (χ1) is 9.81. The standard InChI is InChI=1S/C13H8BrF2IN2O2/c1-5-2-6(17)4-18-12(5)19-11-7(13(20)21)3-8(14)9(15)10(11)16/h2-4H,1H3,(H,18,19)(H,20,21). The summed E-state index contributed by atoms with van der Waals surface area (Å²) in [6.07, 6.45) is 1.53. The molecule has 2 aromatic rings. The summed E-state index contributed by atoms with van der Waals surface area (Å²) in [5.74, 6) is -3.55. The van der Waals surface area contributed by atoms with Gasteiger partial charge in [-0.05, 0) is 63.1 Å². The van der Waals surface area contributed by atoms with E-state index in [-0.39, 0.29) is 15.9 Å². The fraction of sp³-hybridized carbons (Fsp3) is 0.0769. The van der Waals surface area contributed by atoms with Gasteiger partial charge in [0.05, 0.1) is 15.7 Å². The van der Waals surface area contributed by atoms with Crippen LogP contribution in [0.25, 0.3) is 0 Å². The van der Waals surface area contributed by atoms with Crippen molar-refractivity contribution in [2.45, 2.75) is 6.92 Å². The topological polar surface area (TPSA) is 62.2 Å². The van der Waals surface area contributed by atoms with Crippen molar-refractivity contribution in [2.24, 2.45) is 0 Å². The highest BCUT2D eigenvalue weighted by Crippen LogP contribution is 2.31. The first kappa shape index (κ1) is 16.1. The van der Waals surface area contributed by atoms with E-state index in [1.54, 1.807) is 13.0 Å². The molecule has 4 nitrogen and oxygen atoms in total. The molecule has 0 aliphatic rings. The Morgan fingerprint density at radius 2 is 2.05 bits per heavy atom. The molecule has 0 bridgehead atoms. The monoisotopic (exact) mass is 468 g/mol. The molecule has 2 N–H and O–H groups in total. The van der Waals surface area contributed by atoms with Crippen LogP contribution in [0, 0.1) is 22.1 Å². The number of benzene rings is 1. The number of carboxylic acids is 1. The lowest BCUT2D eigenvalue weighted by Gasteiger charge is -2.13. The van der Waals surface area contributed by atoms with Crippen molar-refractivity contribution in [1.29, 1.82) is 0 Å². The number of anilines is 2. The van der Waals surface area contributed by atoms with E-state index in [1.165, 1.54) is 6.20 Å². The van der Waals surface area contributed by atoms with E-state index in [1.807, 2.05) is 0 Å². The molecule has 8 heteroatoms. The minimum atomic E-state index is -1.37. The molecule has 0 saturated carbocycles. The predicted octanol–water partition coefficient (Wildman–Crippen LogP) is 4.48. The van der Waals surface area contributed by atoms with E-state index in [0.717, 1.165) is 9.64 Å². The fourth-order valence-corrected chi connectivity index (χ4v) is 2.69. The molecule has 0 radical (unpaired) electrons. The molecule has 0 unspecified atom stereocenters. The SMILES string of the molecule is Cc1cc(I)cnc1Nc1c(C(=O)O)cc(Br)c(F)c1F. The van der Waals surface area contributed by atoms with Gasteiger partial charge in [-0.2, -0.15) is 0 Å². The molecule has 2 rings (SSSR count). The van der Waals surface area contributed by atoms with Gasteiger partial charge >= 0.3 is 5.97 Å². The number of aromatic carboxylic acids is 1. The molecule has 0 aliphatic heterocycles. The lowest BCUT2D eigenvalue weighted by Crippen LogP contribution is -2.09. The molecule has 0 aliphatic carbocycles. The Morgan fingerprint density at radius 3 is 2.62 bits per heavy atom. The highest BCUT2D eigenvalue weighted by molar-refractivity contribution is 14.1. The van der Waals surface area contributed by atoms with Gasteiger partial charge in [0.1, 0.15) is 5.82 Å². The summed E-state index contributed by atoms with van der Waals surface area (Å²) in [5.41, 5.74) is -0.165. The number of pyridine rings is 1. The number of halogens is 4. The lowest BCUT2D eigenvalue weighted by atomic mass is 10.1. The van der Waals surface area contributed by atoms with Crippen molar-refractivity contribution in [3.05, 3.63) is 49.1 Å². The van der Waals surface area contributed by atoms with Gasteiger partial charge in [0.25, 0.3) is 0 Å². The van der Waals surface area contributed by atoms with E-state index in [0.29, 0.717) is 5.56 Å². The van der Waals surface area contributed by atoms with Crippen molar-refractivity contribution < 1.29 is 18.7 Å². The number of carboxylic acid groups (broad SMARTS) is 1. The van der Waals surface area contributed by atoms with Gasteiger partial charge in [0.2, 0.25) is 0 Å². The summed E-state index contributed by atoms with van der Waals surface area (Å²) in [7, 11) is 0. The first-order valence-electron chi connectivity index (χ1n) is 5.61. The summed E-state index contributed by atoms with van der Waals surface area (Å²) in [6, 6.07) is 2.79. The Labute approximate surface area is 140 Å². The van der Waals surface area contributed by atoms with Crippen molar-refractivity contribution in [3.8, 4) is 0 Å². The van der Waals surface area contributed by atoms with E-state index in [2.05, 4.69) is 48.8 Å². The summed E-state index contributed by atoms with van der Waals surface area (Å²) >= 11 is 4.85. The zero-order chi connectivity index (χ0) is 15.7. The third-order valence-corrected chi connectivity index (χ3v) is 3.85. The van der Waals surface area contributed by atoms with Gasteiger partial charge < -0.3 is 10.4 Å². The van der Waals surface area contributed by atoms with Gasteiger partial charge in [0, 0.05) is 9.77 Å². The fourth-order valence-electron chi connectivity index (χ4n) is 1.68. The van der Waals surface area contributed by atoms with Crippen LogP contribution in [0.3, 0.4) is 0 Å². The third kappa shape index (κ3) is 3.31. The quantitative estimate of drug-likeness (QED) is 0.515. The maximum Gasteiger partial charge on any atom is 0.337 e. The van der Waals surface area contributed by atoms with Crippen molar-refractivity contribution >= 4 is 56.0 Å². The Morgan fingerprint density at radius 1 is 1.38 bits per heavy atom. The van der Waals surface area contributed by atoms with Crippen molar-refractivity contribution in [3.63, 3.8) is 0 Å². The summed E-state index contributed by atoms with van der Waals surface area (Å²) in [4.78, 5) is 15.2. The molecule has 1 heterocycles. The second-order valence-electron chi connectivity index (χ2n) is 4.16. The molecule has 110 valence electrons. The van der Waals surface area contributed by atoms with Crippen LogP contribution in [-0.2, 0) is 0 Å². The Kier molecular flexibility index (Phi) is 4.77. The first-order valence-corrected chi connectivity index (χ1v) is 7.48. The van der Waals surface area contributed by atoms with Crippen LogP contribution in [0.15, 0.2) is 22.8 Å². The summed E-state index contributed by atoms with van der Waals surface area (Å²) in [5, 5.41) is 11.7. The van der Waals surface area contributed by atoms with Crippen LogP contribution in [0.5, 0.6) is 0 Å². The molecule has 21 heavy (non-hydrogen) atoms. The van der Waals surface area contributed by atoms with Gasteiger partial charge in [-0.25, -0.2) is 18.6 Å². The Bertz CT molecular complexity index is 741. The third-order valence-electron chi connectivity index (χ3n) is 2.68. The molecule has 0 atom stereocenters. The molecule has 0 saturated heterocycles. The van der Waals surface area contributed by atoms with E-state index in [4.69, 9.17) is 5.11 Å². The molecular weight excluding hydrogens is 461 g/mol. The number of aryl methyl sites for hydroxylation is 1.